The third kappa shape index (κ3) is 1.28. The third-order valence-electron chi connectivity index (χ3n) is 3.08. The number of aryl methyl sites for hydroxylation is 1. The van der Waals surface area contributed by atoms with E-state index in [1.54, 1.807) is 6.07 Å². The average molecular weight is 237 g/mol. The standard InChI is InChI=1S/C12H10ClFN2/c13-6-4-8-11(15)7-2-1-3-10(7)16-12(8)9(14)5-6/h4-5H,1-3H2,(H2,15,16). The van der Waals surface area contributed by atoms with E-state index in [0.29, 0.717) is 21.6 Å². The van der Waals surface area contributed by atoms with Crippen LogP contribution in [0.4, 0.5) is 10.1 Å². The Labute approximate surface area is 97.2 Å². The zero-order chi connectivity index (χ0) is 11.3. The molecule has 0 saturated carbocycles. The molecule has 0 fully saturated rings. The highest BCUT2D eigenvalue weighted by atomic mass is 35.5. The summed E-state index contributed by atoms with van der Waals surface area (Å²) in [5.74, 6) is -0.399. The normalized spacial score (nSPS) is 14.4. The summed E-state index contributed by atoms with van der Waals surface area (Å²) < 4.78 is 13.7. The van der Waals surface area contributed by atoms with Crippen molar-refractivity contribution < 1.29 is 4.39 Å². The lowest BCUT2D eigenvalue weighted by molar-refractivity contribution is 0.636. The molecule has 1 aliphatic rings. The van der Waals surface area contributed by atoms with E-state index in [1.807, 2.05) is 0 Å². The maximum atomic E-state index is 13.7. The first-order valence-corrected chi connectivity index (χ1v) is 5.60. The Morgan fingerprint density at radius 2 is 2.12 bits per heavy atom. The Bertz CT molecular complexity index is 595. The molecule has 0 unspecified atom stereocenters. The van der Waals surface area contributed by atoms with Crippen molar-refractivity contribution in [3.8, 4) is 0 Å². The Morgan fingerprint density at radius 3 is 2.94 bits per heavy atom. The van der Waals surface area contributed by atoms with Crippen LogP contribution in [0.1, 0.15) is 17.7 Å². The van der Waals surface area contributed by atoms with Gasteiger partial charge in [-0.2, -0.15) is 0 Å². The van der Waals surface area contributed by atoms with E-state index in [1.165, 1.54) is 6.07 Å². The fourth-order valence-electron chi connectivity index (χ4n) is 2.32. The molecule has 0 bridgehead atoms. The van der Waals surface area contributed by atoms with Crippen molar-refractivity contribution in [2.45, 2.75) is 19.3 Å². The van der Waals surface area contributed by atoms with Crippen molar-refractivity contribution in [2.24, 2.45) is 0 Å². The highest BCUT2D eigenvalue weighted by molar-refractivity contribution is 6.31. The van der Waals surface area contributed by atoms with Gasteiger partial charge in [-0.1, -0.05) is 11.6 Å². The molecule has 82 valence electrons. The van der Waals surface area contributed by atoms with Gasteiger partial charge in [0, 0.05) is 21.8 Å². The molecular formula is C12H10ClFN2. The second-order valence-electron chi connectivity index (χ2n) is 4.09. The molecule has 0 amide bonds. The highest BCUT2D eigenvalue weighted by Gasteiger charge is 2.19. The van der Waals surface area contributed by atoms with Crippen molar-refractivity contribution in [3.05, 3.63) is 34.2 Å². The number of pyridine rings is 1. The number of hydrogen-bond donors (Lipinski definition) is 1. The molecule has 1 aliphatic carbocycles. The molecule has 16 heavy (non-hydrogen) atoms. The first-order valence-electron chi connectivity index (χ1n) is 5.23. The lowest BCUT2D eigenvalue weighted by Gasteiger charge is -2.09. The maximum Gasteiger partial charge on any atom is 0.150 e. The molecule has 2 nitrogen and oxygen atoms in total. The van der Waals surface area contributed by atoms with Crippen molar-refractivity contribution in [2.75, 3.05) is 5.73 Å². The fraction of sp³-hybridized carbons (Fsp3) is 0.250. The fourth-order valence-corrected chi connectivity index (χ4v) is 2.53. The molecular weight excluding hydrogens is 227 g/mol. The van der Waals surface area contributed by atoms with E-state index in [-0.39, 0.29) is 0 Å². The number of nitrogens with zero attached hydrogens (tertiary/aromatic N) is 1. The molecule has 0 spiro atoms. The van der Waals surface area contributed by atoms with Crippen LogP contribution in [0, 0.1) is 5.82 Å². The second kappa shape index (κ2) is 3.32. The van der Waals surface area contributed by atoms with Gasteiger partial charge in [0.15, 0.2) is 5.82 Å². The predicted molar refractivity (Wildman–Crippen MR) is 63.1 cm³/mol. The van der Waals surface area contributed by atoms with Gasteiger partial charge < -0.3 is 5.73 Å². The molecule has 3 rings (SSSR count). The van der Waals surface area contributed by atoms with Crippen LogP contribution < -0.4 is 5.73 Å². The Morgan fingerprint density at radius 1 is 1.31 bits per heavy atom. The van der Waals surface area contributed by atoms with Gasteiger partial charge in [-0.25, -0.2) is 9.37 Å². The van der Waals surface area contributed by atoms with E-state index in [4.69, 9.17) is 17.3 Å². The molecule has 0 atom stereocenters. The minimum absolute atomic E-state index is 0.336. The predicted octanol–water partition coefficient (Wildman–Crippen LogP) is 3.10. The summed E-state index contributed by atoms with van der Waals surface area (Å²) in [5, 5.41) is 0.988. The van der Waals surface area contributed by atoms with Gasteiger partial charge in [0.2, 0.25) is 0 Å². The minimum Gasteiger partial charge on any atom is -0.398 e. The van der Waals surface area contributed by atoms with Gasteiger partial charge in [-0.05, 0) is 37.0 Å². The zero-order valence-corrected chi connectivity index (χ0v) is 9.31. The third-order valence-corrected chi connectivity index (χ3v) is 3.30. The Balaban J connectivity index is 2.46. The Kier molecular flexibility index (Phi) is 2.04. The SMILES string of the molecule is Nc1c2c(nc3c(F)cc(Cl)cc13)CCC2. The van der Waals surface area contributed by atoms with Crippen LogP contribution in [0.15, 0.2) is 12.1 Å². The first-order chi connectivity index (χ1) is 7.66. The van der Waals surface area contributed by atoms with Gasteiger partial charge in [0.05, 0.1) is 0 Å². The quantitative estimate of drug-likeness (QED) is 0.763. The number of nitrogen functional groups attached to an aromatic ring is 1. The van der Waals surface area contributed by atoms with E-state index in [9.17, 15) is 4.39 Å². The average Bonchev–Trinajstić information content (AvgIpc) is 2.68. The van der Waals surface area contributed by atoms with Gasteiger partial charge in [0.25, 0.3) is 0 Å². The summed E-state index contributed by atoms with van der Waals surface area (Å²) in [6.45, 7) is 0. The molecule has 2 N–H and O–H groups in total. The molecule has 0 saturated heterocycles. The summed E-state index contributed by atoms with van der Waals surface area (Å²) in [4.78, 5) is 4.34. The van der Waals surface area contributed by atoms with Gasteiger partial charge >= 0.3 is 0 Å². The molecule has 1 aromatic carbocycles. The van der Waals surface area contributed by atoms with Crippen molar-refractivity contribution >= 4 is 28.2 Å². The number of benzene rings is 1. The van der Waals surface area contributed by atoms with Crippen LogP contribution in [-0.2, 0) is 12.8 Å². The minimum atomic E-state index is -0.399. The zero-order valence-electron chi connectivity index (χ0n) is 8.56. The van der Waals surface area contributed by atoms with Crippen molar-refractivity contribution in [1.82, 2.24) is 4.98 Å². The van der Waals surface area contributed by atoms with Crippen LogP contribution in [0.2, 0.25) is 5.02 Å². The smallest absolute Gasteiger partial charge is 0.150 e. The number of halogens is 2. The molecule has 0 radical (unpaired) electrons. The lowest BCUT2D eigenvalue weighted by Crippen LogP contribution is -1.99. The monoisotopic (exact) mass is 236 g/mol. The number of aromatic nitrogens is 1. The van der Waals surface area contributed by atoms with Gasteiger partial charge in [-0.15, -0.1) is 0 Å². The Hall–Kier alpha value is -1.35. The van der Waals surface area contributed by atoms with E-state index < -0.39 is 5.82 Å². The molecule has 2 aromatic rings. The summed E-state index contributed by atoms with van der Waals surface area (Å²) in [6.07, 6.45) is 2.86. The number of anilines is 1. The van der Waals surface area contributed by atoms with Crippen molar-refractivity contribution in [3.63, 3.8) is 0 Å². The maximum absolute atomic E-state index is 13.7. The van der Waals surface area contributed by atoms with Gasteiger partial charge in [-0.3, -0.25) is 0 Å². The molecule has 1 aromatic heterocycles. The number of rotatable bonds is 0. The van der Waals surface area contributed by atoms with E-state index in [0.717, 1.165) is 30.5 Å². The number of hydrogen-bond acceptors (Lipinski definition) is 2. The van der Waals surface area contributed by atoms with Crippen LogP contribution in [0.25, 0.3) is 10.9 Å². The number of fused-ring (bicyclic) bond motifs is 2. The van der Waals surface area contributed by atoms with Crippen molar-refractivity contribution in [1.29, 1.82) is 0 Å². The van der Waals surface area contributed by atoms with E-state index >= 15 is 0 Å². The summed E-state index contributed by atoms with van der Waals surface area (Å²) in [5.41, 5.74) is 9.02. The summed E-state index contributed by atoms with van der Waals surface area (Å²) in [7, 11) is 0. The van der Waals surface area contributed by atoms with Crippen LogP contribution in [0.5, 0.6) is 0 Å². The first kappa shape index (κ1) is 9.85. The summed E-state index contributed by atoms with van der Waals surface area (Å²) >= 11 is 5.82. The van der Waals surface area contributed by atoms with Crippen LogP contribution >= 0.6 is 11.6 Å². The second-order valence-corrected chi connectivity index (χ2v) is 4.52. The molecule has 4 heteroatoms. The molecule has 0 aliphatic heterocycles. The topological polar surface area (TPSA) is 38.9 Å². The highest BCUT2D eigenvalue weighted by Crippen LogP contribution is 2.34. The van der Waals surface area contributed by atoms with Gasteiger partial charge in [0.1, 0.15) is 5.52 Å². The number of nitrogens with two attached hydrogens (primary N) is 1. The van der Waals surface area contributed by atoms with E-state index in [2.05, 4.69) is 4.98 Å². The summed E-state index contributed by atoms with van der Waals surface area (Å²) in [6, 6.07) is 2.96. The van der Waals surface area contributed by atoms with Crippen LogP contribution in [-0.4, -0.2) is 4.98 Å². The van der Waals surface area contributed by atoms with Crippen LogP contribution in [0.3, 0.4) is 0 Å². The largest absolute Gasteiger partial charge is 0.398 e. The molecule has 1 heterocycles. The lowest BCUT2D eigenvalue weighted by atomic mass is 10.1.